The van der Waals surface area contributed by atoms with Gasteiger partial charge < -0.3 is 19.4 Å². The first-order valence-electron chi connectivity index (χ1n) is 13.3. The maximum atomic E-state index is 13.0. The molecule has 1 unspecified atom stereocenters. The molecule has 38 heavy (non-hydrogen) atoms. The highest BCUT2D eigenvalue weighted by atomic mass is 19.4. The van der Waals surface area contributed by atoms with Crippen molar-refractivity contribution in [2.45, 2.75) is 57.3 Å². The number of piperazine rings is 1. The summed E-state index contributed by atoms with van der Waals surface area (Å²) in [5, 5.41) is 0. The van der Waals surface area contributed by atoms with E-state index in [0.717, 1.165) is 75.1 Å². The molecule has 0 saturated carbocycles. The lowest BCUT2D eigenvalue weighted by Gasteiger charge is -2.36. The Labute approximate surface area is 221 Å². The maximum absolute atomic E-state index is 13.0. The third-order valence-electron chi connectivity index (χ3n) is 7.56. The monoisotopic (exact) mass is 529 g/mol. The molecule has 1 atom stereocenters. The summed E-state index contributed by atoms with van der Waals surface area (Å²) in [7, 11) is 0. The fraction of sp³-hybridized carbons (Fsp3) is 0.483. The fourth-order valence-electron chi connectivity index (χ4n) is 5.39. The van der Waals surface area contributed by atoms with E-state index in [4.69, 9.17) is 0 Å². The van der Waals surface area contributed by atoms with E-state index in [1.807, 2.05) is 23.1 Å². The Balaban J connectivity index is 1.21. The Hall–Kier alpha value is -3.20. The van der Waals surface area contributed by atoms with E-state index in [-0.39, 0.29) is 12.3 Å². The first kappa shape index (κ1) is 27.8. The van der Waals surface area contributed by atoms with Gasteiger partial charge in [-0.15, -0.1) is 0 Å². The van der Waals surface area contributed by atoms with Gasteiger partial charge in [-0.3, -0.25) is 9.69 Å². The lowest BCUT2D eigenvalue weighted by Crippen LogP contribution is -2.46. The first-order valence-corrected chi connectivity index (χ1v) is 13.3. The molecular weight excluding hydrogens is 495 g/mol. The van der Waals surface area contributed by atoms with Gasteiger partial charge in [0.1, 0.15) is 12.6 Å². The highest BCUT2D eigenvalue weighted by Gasteiger charge is 2.34. The van der Waals surface area contributed by atoms with Crippen LogP contribution < -0.4 is 4.90 Å². The zero-order valence-electron chi connectivity index (χ0n) is 21.5. The van der Waals surface area contributed by atoms with Crippen LogP contribution in [0.5, 0.6) is 0 Å². The van der Waals surface area contributed by atoms with Crippen molar-refractivity contribution < 1.29 is 27.6 Å². The molecule has 204 valence electrons. The summed E-state index contributed by atoms with van der Waals surface area (Å²) in [5.41, 5.74) is 2.78. The molecule has 0 aliphatic carbocycles. The maximum Gasteiger partial charge on any atom is 0.416 e. The number of hydrogen-bond donors (Lipinski definition) is 0. The van der Waals surface area contributed by atoms with Crippen molar-refractivity contribution >= 4 is 24.2 Å². The van der Waals surface area contributed by atoms with Crippen LogP contribution in [0.2, 0.25) is 0 Å². The van der Waals surface area contributed by atoms with Gasteiger partial charge in [0.2, 0.25) is 0 Å². The number of amides is 1. The number of halogens is 3. The average molecular weight is 530 g/mol. The highest BCUT2D eigenvalue weighted by Crippen LogP contribution is 2.32. The molecule has 1 saturated heterocycles. The zero-order valence-corrected chi connectivity index (χ0v) is 21.5. The molecular formula is C29H34F3N3O3. The van der Waals surface area contributed by atoms with Crippen LogP contribution in [0.15, 0.2) is 42.5 Å². The standard InChI is InChI=1S/C29H34F3N3O3/c30-29(31,32)23-9-5-10-24(19-23)34-16-14-33(15-17-34)13-3-1-2-7-22-8-4-12-26-27(22)20-35(28(26)38)25(21-37)11-6-18-36/h4-5,8-10,12,18-19,21,25H,1-3,6-7,11,13-17,20H2. The van der Waals surface area contributed by atoms with Gasteiger partial charge in [0.05, 0.1) is 11.6 Å². The quantitative estimate of drug-likeness (QED) is 0.294. The predicted molar refractivity (Wildman–Crippen MR) is 139 cm³/mol. The molecule has 6 nitrogen and oxygen atoms in total. The van der Waals surface area contributed by atoms with E-state index in [0.29, 0.717) is 37.3 Å². The van der Waals surface area contributed by atoms with Crippen LogP contribution in [0.25, 0.3) is 0 Å². The van der Waals surface area contributed by atoms with Gasteiger partial charge in [0, 0.05) is 50.4 Å². The van der Waals surface area contributed by atoms with E-state index in [1.54, 1.807) is 11.0 Å². The predicted octanol–water partition coefficient (Wildman–Crippen LogP) is 4.74. The lowest BCUT2D eigenvalue weighted by molar-refractivity contribution is -0.137. The van der Waals surface area contributed by atoms with Crippen molar-refractivity contribution in [3.05, 3.63) is 64.7 Å². The van der Waals surface area contributed by atoms with E-state index >= 15 is 0 Å². The number of benzene rings is 2. The van der Waals surface area contributed by atoms with Gasteiger partial charge in [-0.2, -0.15) is 13.2 Å². The van der Waals surface area contributed by atoms with Crippen LogP contribution in [-0.2, 0) is 28.7 Å². The Morgan fingerprint density at radius 1 is 0.947 bits per heavy atom. The second-order valence-corrected chi connectivity index (χ2v) is 10.0. The molecule has 2 aromatic carbocycles. The second kappa shape index (κ2) is 12.6. The molecule has 1 amide bonds. The number of nitrogens with zero attached hydrogens (tertiary/aromatic N) is 3. The molecule has 4 rings (SSSR count). The SMILES string of the molecule is O=CCCC(C=O)N1Cc2c(CCCCCN3CCN(c4cccc(C(F)(F)F)c4)CC3)cccc2C1=O. The van der Waals surface area contributed by atoms with E-state index in [9.17, 15) is 27.6 Å². The summed E-state index contributed by atoms with van der Waals surface area (Å²) in [5.74, 6) is -0.144. The molecule has 2 aliphatic rings. The number of rotatable bonds is 12. The average Bonchev–Trinajstić information content (AvgIpc) is 3.26. The summed E-state index contributed by atoms with van der Waals surface area (Å²) < 4.78 is 39.1. The normalized spacial score (nSPS) is 17.0. The van der Waals surface area contributed by atoms with Gasteiger partial charge in [0.25, 0.3) is 5.91 Å². The molecule has 0 radical (unpaired) electrons. The Morgan fingerprint density at radius 3 is 2.42 bits per heavy atom. The zero-order chi connectivity index (χ0) is 27.1. The third-order valence-corrected chi connectivity index (χ3v) is 7.56. The minimum absolute atomic E-state index is 0.144. The van der Waals surface area contributed by atoms with Crippen LogP contribution in [0, 0.1) is 0 Å². The smallest absolute Gasteiger partial charge is 0.369 e. The van der Waals surface area contributed by atoms with Crippen molar-refractivity contribution in [3.8, 4) is 0 Å². The number of hydrogen-bond acceptors (Lipinski definition) is 5. The summed E-state index contributed by atoms with van der Waals surface area (Å²) in [4.78, 5) is 41.1. The topological polar surface area (TPSA) is 60.9 Å². The van der Waals surface area contributed by atoms with E-state index in [2.05, 4.69) is 4.90 Å². The lowest BCUT2D eigenvalue weighted by atomic mass is 9.98. The molecule has 0 spiro atoms. The molecule has 0 bridgehead atoms. The molecule has 0 aromatic heterocycles. The van der Waals surface area contributed by atoms with Crippen molar-refractivity contribution in [3.63, 3.8) is 0 Å². The Morgan fingerprint density at radius 2 is 1.71 bits per heavy atom. The number of carbonyl (C=O) groups excluding carboxylic acids is 3. The molecule has 2 aliphatic heterocycles. The van der Waals surface area contributed by atoms with Crippen LogP contribution in [0.4, 0.5) is 18.9 Å². The molecule has 2 heterocycles. The van der Waals surface area contributed by atoms with Crippen molar-refractivity contribution in [1.82, 2.24) is 9.80 Å². The van der Waals surface area contributed by atoms with Gasteiger partial charge in [-0.05, 0) is 67.6 Å². The Kier molecular flexibility index (Phi) is 9.20. The number of fused-ring (bicyclic) bond motifs is 1. The van der Waals surface area contributed by atoms with E-state index < -0.39 is 17.8 Å². The van der Waals surface area contributed by atoms with Crippen LogP contribution in [0.1, 0.15) is 59.2 Å². The third kappa shape index (κ3) is 6.62. The fourth-order valence-corrected chi connectivity index (χ4v) is 5.39. The number of aryl methyl sites for hydroxylation is 1. The number of unbranched alkanes of at least 4 members (excludes halogenated alkanes) is 2. The Bertz CT molecular complexity index is 1130. The molecule has 1 fully saturated rings. The molecule has 2 aromatic rings. The summed E-state index contributed by atoms with van der Waals surface area (Å²) in [6.45, 7) is 4.41. The minimum atomic E-state index is -4.33. The summed E-state index contributed by atoms with van der Waals surface area (Å²) >= 11 is 0. The summed E-state index contributed by atoms with van der Waals surface area (Å²) in [6.07, 6.45) is 1.69. The van der Waals surface area contributed by atoms with Gasteiger partial charge in [-0.25, -0.2) is 0 Å². The van der Waals surface area contributed by atoms with Gasteiger partial charge in [0.15, 0.2) is 0 Å². The molecule has 9 heteroatoms. The van der Waals surface area contributed by atoms with E-state index in [1.165, 1.54) is 12.1 Å². The summed E-state index contributed by atoms with van der Waals surface area (Å²) in [6, 6.07) is 10.7. The first-order chi connectivity index (χ1) is 18.3. The number of aldehydes is 2. The number of anilines is 1. The second-order valence-electron chi connectivity index (χ2n) is 10.0. The molecule has 0 N–H and O–H groups in total. The van der Waals surface area contributed by atoms with Crippen molar-refractivity contribution in [2.75, 3.05) is 37.6 Å². The number of alkyl halides is 3. The van der Waals surface area contributed by atoms with Crippen molar-refractivity contribution in [1.29, 1.82) is 0 Å². The van der Waals surface area contributed by atoms with Gasteiger partial charge in [-0.1, -0.05) is 24.6 Å². The number of carbonyl (C=O) groups is 3. The van der Waals surface area contributed by atoms with Crippen LogP contribution in [-0.4, -0.2) is 67.0 Å². The van der Waals surface area contributed by atoms with Crippen molar-refractivity contribution in [2.24, 2.45) is 0 Å². The largest absolute Gasteiger partial charge is 0.416 e. The van der Waals surface area contributed by atoms with Crippen LogP contribution >= 0.6 is 0 Å². The van der Waals surface area contributed by atoms with Gasteiger partial charge >= 0.3 is 6.18 Å². The minimum Gasteiger partial charge on any atom is -0.369 e. The van der Waals surface area contributed by atoms with Crippen LogP contribution in [0.3, 0.4) is 0 Å². The highest BCUT2D eigenvalue weighted by molar-refractivity contribution is 6.00.